The van der Waals surface area contributed by atoms with E-state index in [1.807, 2.05) is 32.0 Å². The zero-order valence-electron chi connectivity index (χ0n) is 11.4. The van der Waals surface area contributed by atoms with Crippen LogP contribution in [0.5, 0.6) is 0 Å². The molecular formula is C15H15N3O2. The molecule has 0 aliphatic rings. The third-order valence-corrected chi connectivity index (χ3v) is 3.22. The second kappa shape index (κ2) is 4.94. The van der Waals surface area contributed by atoms with Crippen LogP contribution in [0, 0.1) is 13.8 Å². The van der Waals surface area contributed by atoms with E-state index in [4.69, 9.17) is 4.42 Å². The number of aliphatic hydroxyl groups is 1. The molecule has 0 amide bonds. The van der Waals surface area contributed by atoms with Crippen LogP contribution in [0.4, 0.5) is 0 Å². The third-order valence-electron chi connectivity index (χ3n) is 3.22. The van der Waals surface area contributed by atoms with Gasteiger partial charge in [-0.25, -0.2) is 4.68 Å². The molecule has 102 valence electrons. The van der Waals surface area contributed by atoms with Crippen molar-refractivity contribution < 1.29 is 9.52 Å². The van der Waals surface area contributed by atoms with Gasteiger partial charge in [0.2, 0.25) is 0 Å². The lowest BCUT2D eigenvalue weighted by atomic mass is 10.1. The van der Waals surface area contributed by atoms with E-state index in [0.29, 0.717) is 17.1 Å². The van der Waals surface area contributed by atoms with E-state index in [0.717, 1.165) is 11.3 Å². The first-order chi connectivity index (χ1) is 9.70. The van der Waals surface area contributed by atoms with E-state index < -0.39 is 0 Å². The lowest BCUT2D eigenvalue weighted by Crippen LogP contribution is -2.02. The molecule has 20 heavy (non-hydrogen) atoms. The van der Waals surface area contributed by atoms with Crippen LogP contribution in [-0.2, 0) is 6.61 Å². The first-order valence-corrected chi connectivity index (χ1v) is 6.37. The minimum absolute atomic E-state index is 0.180. The van der Waals surface area contributed by atoms with Crippen LogP contribution in [0.15, 0.2) is 41.0 Å². The summed E-state index contributed by atoms with van der Waals surface area (Å²) in [6.45, 7) is 3.89. The van der Waals surface area contributed by atoms with Gasteiger partial charge in [-0.05, 0) is 37.6 Å². The molecule has 0 unspecified atom stereocenters. The van der Waals surface area contributed by atoms with Crippen molar-refractivity contribution in [3.63, 3.8) is 0 Å². The minimum Gasteiger partial charge on any atom is -0.463 e. The third kappa shape index (κ3) is 2.02. The summed E-state index contributed by atoms with van der Waals surface area (Å²) in [7, 11) is 0. The molecule has 2 heterocycles. The monoisotopic (exact) mass is 269 g/mol. The quantitative estimate of drug-likeness (QED) is 0.794. The number of rotatable bonds is 3. The summed E-state index contributed by atoms with van der Waals surface area (Å²) in [5.41, 5.74) is 4.39. The summed E-state index contributed by atoms with van der Waals surface area (Å²) in [5.74, 6) is 0.638. The van der Waals surface area contributed by atoms with Crippen LogP contribution in [0.3, 0.4) is 0 Å². The molecule has 0 saturated carbocycles. The fourth-order valence-corrected chi connectivity index (χ4v) is 2.29. The Labute approximate surface area is 116 Å². The Hall–Kier alpha value is -2.40. The van der Waals surface area contributed by atoms with Crippen LogP contribution in [0.1, 0.15) is 16.8 Å². The Kier molecular flexibility index (Phi) is 3.12. The van der Waals surface area contributed by atoms with Gasteiger partial charge in [0.15, 0.2) is 5.76 Å². The maximum atomic E-state index is 9.43. The molecule has 0 radical (unpaired) electrons. The Balaban J connectivity index is 2.22. The predicted molar refractivity (Wildman–Crippen MR) is 74.5 cm³/mol. The van der Waals surface area contributed by atoms with Crippen LogP contribution in [0.25, 0.3) is 17.1 Å². The molecular weight excluding hydrogens is 254 g/mol. The smallest absolute Gasteiger partial charge is 0.154 e. The zero-order valence-corrected chi connectivity index (χ0v) is 11.4. The molecule has 1 aromatic carbocycles. The zero-order chi connectivity index (χ0) is 14.1. The molecule has 5 heteroatoms. The Bertz CT molecular complexity index is 730. The molecule has 0 aliphatic carbocycles. The van der Waals surface area contributed by atoms with E-state index in [1.54, 1.807) is 17.0 Å². The summed E-state index contributed by atoms with van der Waals surface area (Å²) in [4.78, 5) is 0. The average Bonchev–Trinajstić information content (AvgIpc) is 3.06. The van der Waals surface area contributed by atoms with E-state index >= 15 is 0 Å². The van der Waals surface area contributed by atoms with Crippen LogP contribution < -0.4 is 0 Å². The minimum atomic E-state index is -0.180. The molecule has 0 saturated heterocycles. The molecule has 1 N–H and O–H groups in total. The van der Waals surface area contributed by atoms with Gasteiger partial charge in [0.05, 0.1) is 18.6 Å². The highest BCUT2D eigenvalue weighted by molar-refractivity contribution is 5.59. The first kappa shape index (κ1) is 12.6. The fraction of sp³-hybridized carbons (Fsp3) is 0.200. The lowest BCUT2D eigenvalue weighted by molar-refractivity contribution is 0.277. The summed E-state index contributed by atoms with van der Waals surface area (Å²) in [6.07, 6.45) is 1.59. The number of aryl methyl sites for hydroxylation is 2. The number of furan rings is 1. The van der Waals surface area contributed by atoms with Crippen molar-refractivity contribution in [3.8, 4) is 17.1 Å². The van der Waals surface area contributed by atoms with Gasteiger partial charge < -0.3 is 9.52 Å². The summed E-state index contributed by atoms with van der Waals surface area (Å²) in [5, 5.41) is 17.6. The van der Waals surface area contributed by atoms with Crippen molar-refractivity contribution in [1.29, 1.82) is 0 Å². The molecule has 0 aliphatic heterocycles. The largest absolute Gasteiger partial charge is 0.463 e. The number of hydrogen-bond donors (Lipinski definition) is 1. The van der Waals surface area contributed by atoms with Crippen molar-refractivity contribution >= 4 is 0 Å². The van der Waals surface area contributed by atoms with Crippen molar-refractivity contribution in [3.05, 3.63) is 53.4 Å². The van der Waals surface area contributed by atoms with Crippen molar-refractivity contribution in [2.45, 2.75) is 20.5 Å². The maximum absolute atomic E-state index is 9.43. The van der Waals surface area contributed by atoms with E-state index in [9.17, 15) is 5.11 Å². The number of hydrogen-bond acceptors (Lipinski definition) is 4. The highest BCUT2D eigenvalue weighted by Gasteiger charge is 2.18. The molecule has 3 aromatic rings. The number of nitrogens with zero attached hydrogens (tertiary/aromatic N) is 3. The summed E-state index contributed by atoms with van der Waals surface area (Å²) in [6, 6.07) is 9.73. The topological polar surface area (TPSA) is 64.1 Å². The first-order valence-electron chi connectivity index (χ1n) is 6.37. The average molecular weight is 269 g/mol. The maximum Gasteiger partial charge on any atom is 0.154 e. The van der Waals surface area contributed by atoms with Gasteiger partial charge in [0.25, 0.3) is 0 Å². The van der Waals surface area contributed by atoms with Gasteiger partial charge in [-0.1, -0.05) is 22.9 Å². The summed E-state index contributed by atoms with van der Waals surface area (Å²) < 4.78 is 7.14. The highest BCUT2D eigenvalue weighted by Crippen LogP contribution is 2.27. The fourth-order valence-electron chi connectivity index (χ4n) is 2.29. The van der Waals surface area contributed by atoms with Crippen molar-refractivity contribution in [1.82, 2.24) is 15.0 Å². The number of aliphatic hydroxyl groups excluding tert-OH is 1. The number of benzene rings is 1. The molecule has 0 atom stereocenters. The molecule has 0 spiro atoms. The predicted octanol–water partition coefficient (Wildman–Crippen LogP) is 2.64. The standard InChI is InChI=1S/C15H15N3O2/c1-10-5-6-13(11(2)8-10)18-15(12(9-19)16-17-18)14-4-3-7-20-14/h3-8,19H,9H2,1-2H3. The normalized spacial score (nSPS) is 10.9. The molecule has 2 aromatic heterocycles. The summed E-state index contributed by atoms with van der Waals surface area (Å²) >= 11 is 0. The van der Waals surface area contributed by atoms with E-state index in [1.165, 1.54) is 5.56 Å². The van der Waals surface area contributed by atoms with Crippen LogP contribution in [0.2, 0.25) is 0 Å². The van der Waals surface area contributed by atoms with Crippen molar-refractivity contribution in [2.75, 3.05) is 0 Å². The van der Waals surface area contributed by atoms with Gasteiger partial charge in [-0.3, -0.25) is 0 Å². The van der Waals surface area contributed by atoms with E-state index in [-0.39, 0.29) is 6.61 Å². The second-order valence-electron chi connectivity index (χ2n) is 4.72. The molecule has 0 bridgehead atoms. The lowest BCUT2D eigenvalue weighted by Gasteiger charge is -2.09. The highest BCUT2D eigenvalue weighted by atomic mass is 16.3. The van der Waals surface area contributed by atoms with Gasteiger partial charge in [-0.2, -0.15) is 0 Å². The van der Waals surface area contributed by atoms with Crippen LogP contribution >= 0.6 is 0 Å². The molecule has 0 fully saturated rings. The molecule has 3 rings (SSSR count). The molecule has 5 nitrogen and oxygen atoms in total. The van der Waals surface area contributed by atoms with Gasteiger partial charge in [0.1, 0.15) is 11.4 Å². The van der Waals surface area contributed by atoms with E-state index in [2.05, 4.69) is 16.4 Å². The van der Waals surface area contributed by atoms with Gasteiger partial charge in [0, 0.05) is 0 Å². The number of aromatic nitrogens is 3. The van der Waals surface area contributed by atoms with Crippen LogP contribution in [-0.4, -0.2) is 20.1 Å². The Morgan fingerprint density at radius 2 is 2.10 bits per heavy atom. The van der Waals surface area contributed by atoms with Gasteiger partial charge in [-0.15, -0.1) is 5.10 Å². The van der Waals surface area contributed by atoms with Crippen molar-refractivity contribution in [2.24, 2.45) is 0 Å². The second-order valence-corrected chi connectivity index (χ2v) is 4.72. The SMILES string of the molecule is Cc1ccc(-n2nnc(CO)c2-c2ccco2)c(C)c1. The van der Waals surface area contributed by atoms with Gasteiger partial charge >= 0.3 is 0 Å². The Morgan fingerprint density at radius 1 is 1.25 bits per heavy atom. The Morgan fingerprint density at radius 3 is 2.75 bits per heavy atom.